The van der Waals surface area contributed by atoms with Gasteiger partial charge in [0.25, 0.3) is 0 Å². The molecule has 1 aromatic rings. The third kappa shape index (κ3) is 3.66. The first-order chi connectivity index (χ1) is 8.18. The van der Waals surface area contributed by atoms with Crippen molar-refractivity contribution in [3.8, 4) is 0 Å². The molecule has 1 rings (SSSR count). The number of nitrogen functional groups attached to an aromatic ring is 1. The van der Waals surface area contributed by atoms with Gasteiger partial charge >= 0.3 is 0 Å². The predicted octanol–water partition coefficient (Wildman–Crippen LogP) is 0.847. The molecule has 0 amide bonds. The normalized spacial score (nSPS) is 15.3. The molecular weight excluding hydrogens is 259 g/mol. The van der Waals surface area contributed by atoms with E-state index in [1.807, 2.05) is 0 Å². The summed E-state index contributed by atoms with van der Waals surface area (Å²) in [6.45, 7) is 3.11. The van der Waals surface area contributed by atoms with Crippen LogP contribution in [0.25, 0.3) is 0 Å². The average Bonchev–Trinajstić information content (AvgIpc) is 2.30. The second-order valence-electron chi connectivity index (χ2n) is 4.36. The summed E-state index contributed by atoms with van der Waals surface area (Å²) in [4.78, 5) is -0.221. The van der Waals surface area contributed by atoms with Gasteiger partial charge in [-0.2, -0.15) is 0 Å². The molecule has 1 aromatic carbocycles. The van der Waals surface area contributed by atoms with Crippen LogP contribution >= 0.6 is 0 Å². The molecule has 0 spiro atoms. The molecule has 0 heterocycles. The number of nitrogens with two attached hydrogens (primary N) is 1. The van der Waals surface area contributed by atoms with Crippen LogP contribution in [0.2, 0.25) is 0 Å². The Morgan fingerprint density at radius 1 is 1.50 bits per heavy atom. The molecule has 18 heavy (non-hydrogen) atoms. The maximum absolute atomic E-state index is 13.2. The fourth-order valence-electron chi connectivity index (χ4n) is 1.13. The maximum Gasteiger partial charge on any atom is 0.240 e. The molecule has 1 atom stereocenters. The third-order valence-electron chi connectivity index (χ3n) is 2.69. The highest BCUT2D eigenvalue weighted by atomic mass is 32.2. The Kier molecular flexibility index (Phi) is 4.31. The van der Waals surface area contributed by atoms with E-state index in [0.717, 1.165) is 6.07 Å². The Morgan fingerprint density at radius 2 is 2.11 bits per heavy atom. The molecule has 0 aromatic heterocycles. The lowest BCUT2D eigenvalue weighted by Gasteiger charge is -2.21. The first-order valence-electron chi connectivity index (χ1n) is 5.45. The molecule has 1 unspecified atom stereocenters. The minimum atomic E-state index is -3.85. The van der Waals surface area contributed by atoms with Crippen LogP contribution in [0.15, 0.2) is 23.1 Å². The van der Waals surface area contributed by atoms with E-state index in [-0.39, 0.29) is 17.1 Å². The van der Waals surface area contributed by atoms with Crippen molar-refractivity contribution in [2.75, 3.05) is 12.3 Å². The van der Waals surface area contributed by atoms with Gasteiger partial charge < -0.3 is 10.8 Å². The SMILES string of the molecule is CCC(C)(O)CNS(=O)(=O)c1ccc(N)c(F)c1. The number of hydrogen-bond acceptors (Lipinski definition) is 4. The van der Waals surface area contributed by atoms with Crippen molar-refractivity contribution < 1.29 is 17.9 Å². The number of sulfonamides is 1. The quantitative estimate of drug-likeness (QED) is 0.695. The monoisotopic (exact) mass is 276 g/mol. The van der Waals surface area contributed by atoms with Gasteiger partial charge in [0, 0.05) is 6.54 Å². The molecule has 0 fully saturated rings. The number of rotatable bonds is 5. The Hall–Kier alpha value is -1.18. The number of nitrogens with one attached hydrogen (secondary N) is 1. The van der Waals surface area contributed by atoms with Gasteiger partial charge in [-0.3, -0.25) is 0 Å². The summed E-state index contributed by atoms with van der Waals surface area (Å²) in [7, 11) is -3.85. The number of anilines is 1. The van der Waals surface area contributed by atoms with Gasteiger partial charge in [0.2, 0.25) is 10.0 Å². The van der Waals surface area contributed by atoms with Crippen LogP contribution < -0.4 is 10.5 Å². The topological polar surface area (TPSA) is 92.4 Å². The lowest BCUT2D eigenvalue weighted by Crippen LogP contribution is -2.40. The number of hydrogen-bond donors (Lipinski definition) is 3. The summed E-state index contributed by atoms with van der Waals surface area (Å²) in [5.74, 6) is -0.792. The van der Waals surface area contributed by atoms with Crippen molar-refractivity contribution in [1.29, 1.82) is 0 Å². The summed E-state index contributed by atoms with van der Waals surface area (Å²) in [5.41, 5.74) is 4.01. The number of halogens is 1. The number of aliphatic hydroxyl groups is 1. The Morgan fingerprint density at radius 3 is 2.61 bits per heavy atom. The van der Waals surface area contributed by atoms with Crippen molar-refractivity contribution in [1.82, 2.24) is 4.72 Å². The van der Waals surface area contributed by atoms with E-state index < -0.39 is 21.4 Å². The van der Waals surface area contributed by atoms with E-state index in [0.29, 0.717) is 6.42 Å². The van der Waals surface area contributed by atoms with E-state index >= 15 is 0 Å². The van der Waals surface area contributed by atoms with E-state index in [1.165, 1.54) is 19.1 Å². The average molecular weight is 276 g/mol. The van der Waals surface area contributed by atoms with Crippen LogP contribution in [0.3, 0.4) is 0 Å². The molecule has 0 aliphatic heterocycles. The van der Waals surface area contributed by atoms with Crippen molar-refractivity contribution in [3.05, 3.63) is 24.0 Å². The molecule has 0 saturated heterocycles. The van der Waals surface area contributed by atoms with Gasteiger partial charge in [0.15, 0.2) is 0 Å². The van der Waals surface area contributed by atoms with E-state index in [1.54, 1.807) is 6.92 Å². The van der Waals surface area contributed by atoms with Crippen molar-refractivity contribution in [3.63, 3.8) is 0 Å². The van der Waals surface area contributed by atoms with Gasteiger partial charge in [-0.25, -0.2) is 17.5 Å². The van der Waals surface area contributed by atoms with E-state index in [9.17, 15) is 17.9 Å². The van der Waals surface area contributed by atoms with Gasteiger partial charge in [-0.1, -0.05) is 6.92 Å². The summed E-state index contributed by atoms with van der Waals surface area (Å²) < 4.78 is 39.1. The highest BCUT2D eigenvalue weighted by molar-refractivity contribution is 7.89. The lowest BCUT2D eigenvalue weighted by molar-refractivity contribution is 0.0613. The third-order valence-corrected chi connectivity index (χ3v) is 4.09. The second kappa shape index (κ2) is 5.21. The standard InChI is InChI=1S/C11H17FN2O3S/c1-3-11(2,15)7-14-18(16,17)8-4-5-10(13)9(12)6-8/h4-6,14-15H,3,7,13H2,1-2H3. The Labute approximate surface area is 106 Å². The van der Waals surface area contributed by atoms with Crippen LogP contribution in [0.5, 0.6) is 0 Å². The van der Waals surface area contributed by atoms with Crippen molar-refractivity contribution in [2.24, 2.45) is 0 Å². The van der Waals surface area contributed by atoms with Crippen LogP contribution in [0.4, 0.5) is 10.1 Å². The summed E-state index contributed by atoms with van der Waals surface area (Å²) >= 11 is 0. The molecule has 0 radical (unpaired) electrons. The first kappa shape index (κ1) is 14.9. The molecule has 5 nitrogen and oxygen atoms in total. The molecule has 0 saturated carbocycles. The molecule has 102 valence electrons. The molecule has 0 bridgehead atoms. The van der Waals surface area contributed by atoms with Gasteiger partial charge in [-0.15, -0.1) is 0 Å². The molecule has 0 aliphatic rings. The van der Waals surface area contributed by atoms with Crippen LogP contribution in [-0.4, -0.2) is 25.7 Å². The fraction of sp³-hybridized carbons (Fsp3) is 0.455. The first-order valence-corrected chi connectivity index (χ1v) is 6.93. The van der Waals surface area contributed by atoms with Gasteiger partial charge in [-0.05, 0) is 31.5 Å². The van der Waals surface area contributed by atoms with Gasteiger partial charge in [0.1, 0.15) is 5.82 Å². The number of benzene rings is 1. The zero-order valence-corrected chi connectivity index (χ0v) is 11.1. The lowest BCUT2D eigenvalue weighted by atomic mass is 10.1. The fourth-order valence-corrected chi connectivity index (χ4v) is 2.31. The van der Waals surface area contributed by atoms with Crippen LogP contribution in [0, 0.1) is 5.82 Å². The Bertz CT molecular complexity index is 529. The summed E-state index contributed by atoms with van der Waals surface area (Å²) in [5, 5.41) is 9.71. The van der Waals surface area contributed by atoms with E-state index in [2.05, 4.69) is 4.72 Å². The van der Waals surface area contributed by atoms with Crippen molar-refractivity contribution >= 4 is 15.7 Å². The molecule has 0 aliphatic carbocycles. The summed E-state index contributed by atoms with van der Waals surface area (Å²) in [6.07, 6.45) is 0.394. The second-order valence-corrected chi connectivity index (χ2v) is 6.13. The summed E-state index contributed by atoms with van der Waals surface area (Å²) in [6, 6.07) is 3.24. The molecule has 4 N–H and O–H groups in total. The van der Waals surface area contributed by atoms with Crippen molar-refractivity contribution in [2.45, 2.75) is 30.8 Å². The van der Waals surface area contributed by atoms with Crippen LogP contribution in [0.1, 0.15) is 20.3 Å². The smallest absolute Gasteiger partial charge is 0.240 e. The van der Waals surface area contributed by atoms with Gasteiger partial charge in [0.05, 0.1) is 16.2 Å². The minimum absolute atomic E-state index is 0.116. The largest absolute Gasteiger partial charge is 0.396 e. The highest BCUT2D eigenvalue weighted by Crippen LogP contribution is 2.16. The highest BCUT2D eigenvalue weighted by Gasteiger charge is 2.22. The zero-order chi connectivity index (χ0) is 14.0. The minimum Gasteiger partial charge on any atom is -0.396 e. The van der Waals surface area contributed by atoms with Crippen LogP contribution in [-0.2, 0) is 10.0 Å². The zero-order valence-electron chi connectivity index (χ0n) is 10.3. The van der Waals surface area contributed by atoms with E-state index in [4.69, 9.17) is 5.73 Å². The molecule has 7 heteroatoms. The Balaban J connectivity index is 2.90. The maximum atomic E-state index is 13.2. The molecular formula is C11H17FN2O3S. The predicted molar refractivity (Wildman–Crippen MR) is 66.9 cm³/mol.